The van der Waals surface area contributed by atoms with Gasteiger partial charge in [-0.25, -0.2) is 4.98 Å². The van der Waals surface area contributed by atoms with Gasteiger partial charge >= 0.3 is 0 Å². The number of aromatic nitrogens is 2. The first kappa shape index (κ1) is 13.5. The first-order chi connectivity index (χ1) is 11.8. The molecule has 0 unspecified atom stereocenters. The molecule has 3 nitrogen and oxygen atoms in total. The van der Waals surface area contributed by atoms with Crippen LogP contribution in [0.2, 0.25) is 5.28 Å². The minimum atomic E-state index is 0.185. The van der Waals surface area contributed by atoms with E-state index in [-0.39, 0.29) is 5.28 Å². The summed E-state index contributed by atoms with van der Waals surface area (Å²) in [6.45, 7) is 0. The van der Waals surface area contributed by atoms with E-state index in [1.54, 1.807) is 0 Å². The van der Waals surface area contributed by atoms with Crippen molar-refractivity contribution in [1.29, 1.82) is 0 Å². The first-order valence-corrected chi connectivity index (χ1v) is 8.01. The summed E-state index contributed by atoms with van der Waals surface area (Å²) in [6.07, 6.45) is 0. The highest BCUT2D eigenvalue weighted by Crippen LogP contribution is 2.36. The fraction of sp³-hybridized carbons (Fsp3) is 0. The van der Waals surface area contributed by atoms with Crippen molar-refractivity contribution in [1.82, 2.24) is 9.97 Å². The van der Waals surface area contributed by atoms with Crippen molar-refractivity contribution >= 4 is 44.4 Å². The van der Waals surface area contributed by atoms with Gasteiger partial charge < -0.3 is 4.42 Å². The second-order valence-electron chi connectivity index (χ2n) is 5.68. The van der Waals surface area contributed by atoms with Gasteiger partial charge in [0.05, 0.1) is 11.1 Å². The minimum absolute atomic E-state index is 0.185. The van der Waals surface area contributed by atoms with Crippen LogP contribution in [0, 0.1) is 0 Å². The maximum atomic E-state index is 6.14. The average molecular weight is 331 g/mol. The maximum Gasteiger partial charge on any atom is 0.232 e. The summed E-state index contributed by atoms with van der Waals surface area (Å²) in [6, 6.07) is 22.4. The molecule has 5 aromatic rings. The molecule has 0 saturated heterocycles. The topological polar surface area (TPSA) is 38.9 Å². The van der Waals surface area contributed by atoms with Crippen molar-refractivity contribution in [3.05, 3.63) is 72.0 Å². The van der Waals surface area contributed by atoms with Crippen molar-refractivity contribution < 1.29 is 4.42 Å². The van der Waals surface area contributed by atoms with Crippen LogP contribution in [-0.2, 0) is 0 Å². The molecule has 114 valence electrons. The molecule has 0 spiro atoms. The third-order valence-corrected chi connectivity index (χ3v) is 4.40. The molecule has 0 radical (unpaired) electrons. The molecule has 5 rings (SSSR count). The Labute approximate surface area is 142 Å². The Morgan fingerprint density at radius 3 is 2.50 bits per heavy atom. The third kappa shape index (κ3) is 1.99. The van der Waals surface area contributed by atoms with Crippen molar-refractivity contribution in [2.45, 2.75) is 0 Å². The molecule has 0 aliphatic heterocycles. The first-order valence-electron chi connectivity index (χ1n) is 7.63. The lowest BCUT2D eigenvalue weighted by Gasteiger charge is -2.05. The van der Waals surface area contributed by atoms with Crippen LogP contribution in [0.3, 0.4) is 0 Å². The highest BCUT2D eigenvalue weighted by atomic mass is 35.5. The van der Waals surface area contributed by atoms with E-state index in [9.17, 15) is 0 Å². The van der Waals surface area contributed by atoms with Crippen LogP contribution in [0.5, 0.6) is 0 Å². The molecule has 0 bridgehead atoms. The Bertz CT molecular complexity index is 1230. The summed E-state index contributed by atoms with van der Waals surface area (Å²) in [5.74, 6) is 0. The zero-order valence-electron chi connectivity index (χ0n) is 12.5. The smallest absolute Gasteiger partial charge is 0.232 e. The summed E-state index contributed by atoms with van der Waals surface area (Å²) < 4.78 is 5.85. The van der Waals surface area contributed by atoms with Gasteiger partial charge in [0.1, 0.15) is 5.58 Å². The number of hydrogen-bond acceptors (Lipinski definition) is 3. The molecule has 2 heterocycles. The summed E-state index contributed by atoms with van der Waals surface area (Å²) in [7, 11) is 0. The molecular weight excluding hydrogens is 320 g/mol. The van der Waals surface area contributed by atoms with Crippen LogP contribution in [0.25, 0.3) is 44.1 Å². The molecule has 0 amide bonds. The lowest BCUT2D eigenvalue weighted by atomic mass is 10.0. The maximum absolute atomic E-state index is 6.14. The lowest BCUT2D eigenvalue weighted by molar-refractivity contribution is 0.653. The normalized spacial score (nSPS) is 11.5. The van der Waals surface area contributed by atoms with Gasteiger partial charge in [-0.05, 0) is 34.5 Å². The predicted molar refractivity (Wildman–Crippen MR) is 97.3 cm³/mol. The van der Waals surface area contributed by atoms with Crippen LogP contribution in [0.15, 0.2) is 71.1 Å². The molecule has 0 N–H and O–H groups in total. The molecular formula is C20H11ClN2O. The molecule has 0 aliphatic carbocycles. The number of nitrogens with zero attached hydrogens (tertiary/aromatic N) is 2. The van der Waals surface area contributed by atoms with Gasteiger partial charge in [0.2, 0.25) is 11.0 Å². The molecule has 24 heavy (non-hydrogen) atoms. The zero-order valence-corrected chi connectivity index (χ0v) is 13.3. The molecule has 3 aromatic carbocycles. The van der Waals surface area contributed by atoms with E-state index < -0.39 is 0 Å². The van der Waals surface area contributed by atoms with Gasteiger partial charge in [0, 0.05) is 10.9 Å². The van der Waals surface area contributed by atoms with Crippen LogP contribution in [0.1, 0.15) is 0 Å². The highest BCUT2D eigenvalue weighted by Gasteiger charge is 2.16. The largest absolute Gasteiger partial charge is 0.438 e. The Kier molecular flexibility index (Phi) is 2.84. The van der Waals surface area contributed by atoms with E-state index in [2.05, 4.69) is 40.3 Å². The second-order valence-corrected chi connectivity index (χ2v) is 6.02. The number of benzene rings is 3. The summed E-state index contributed by atoms with van der Waals surface area (Å²) in [4.78, 5) is 8.74. The number of hydrogen-bond donors (Lipinski definition) is 0. The highest BCUT2D eigenvalue weighted by molar-refractivity contribution is 6.29. The third-order valence-electron chi connectivity index (χ3n) is 4.23. The molecule has 0 aliphatic rings. The monoisotopic (exact) mass is 330 g/mol. The van der Waals surface area contributed by atoms with Crippen LogP contribution >= 0.6 is 11.6 Å². The predicted octanol–water partition coefficient (Wildman–Crippen LogP) is 5.85. The zero-order chi connectivity index (χ0) is 16.1. The average Bonchev–Trinajstić information content (AvgIpc) is 2.98. The fourth-order valence-corrected chi connectivity index (χ4v) is 3.30. The Balaban J connectivity index is 1.90. The molecule has 0 saturated carbocycles. The Hall–Kier alpha value is -2.91. The number of para-hydroxylation sites is 1. The van der Waals surface area contributed by atoms with Gasteiger partial charge in [-0.15, -0.1) is 0 Å². The van der Waals surface area contributed by atoms with E-state index in [1.165, 1.54) is 5.39 Å². The van der Waals surface area contributed by atoms with Gasteiger partial charge in [-0.1, -0.05) is 54.6 Å². The van der Waals surface area contributed by atoms with E-state index in [0.717, 1.165) is 33.0 Å². The van der Waals surface area contributed by atoms with Crippen LogP contribution < -0.4 is 0 Å². The number of fused-ring (bicyclic) bond motifs is 4. The summed E-state index contributed by atoms with van der Waals surface area (Å²) >= 11 is 6.14. The van der Waals surface area contributed by atoms with E-state index >= 15 is 0 Å². The van der Waals surface area contributed by atoms with Crippen LogP contribution in [0.4, 0.5) is 0 Å². The van der Waals surface area contributed by atoms with E-state index in [0.29, 0.717) is 5.71 Å². The van der Waals surface area contributed by atoms with Gasteiger partial charge in [0.15, 0.2) is 0 Å². The van der Waals surface area contributed by atoms with Crippen molar-refractivity contribution in [3.63, 3.8) is 0 Å². The SMILES string of the molecule is Clc1nc(-c2ccc3ccccc3c2)c2c(n1)oc1ccccc12. The number of furan rings is 1. The van der Waals surface area contributed by atoms with Crippen molar-refractivity contribution in [3.8, 4) is 11.3 Å². The second kappa shape index (κ2) is 5.05. The summed E-state index contributed by atoms with van der Waals surface area (Å²) in [5.41, 5.74) is 3.08. The molecule has 0 atom stereocenters. The fourth-order valence-electron chi connectivity index (χ4n) is 3.14. The number of halogens is 1. The van der Waals surface area contributed by atoms with Crippen molar-refractivity contribution in [2.24, 2.45) is 0 Å². The quantitative estimate of drug-likeness (QED) is 0.362. The van der Waals surface area contributed by atoms with E-state index in [1.807, 2.05) is 36.4 Å². The molecule has 0 fully saturated rings. The van der Waals surface area contributed by atoms with Gasteiger partial charge in [-0.3, -0.25) is 0 Å². The molecule has 2 aromatic heterocycles. The standard InChI is InChI=1S/C20H11ClN2O/c21-20-22-18(14-10-9-12-5-1-2-6-13(12)11-14)17-15-7-3-4-8-16(15)24-19(17)23-20/h1-11H. The van der Waals surface area contributed by atoms with Gasteiger partial charge in [-0.2, -0.15) is 4.98 Å². The Morgan fingerprint density at radius 1 is 0.792 bits per heavy atom. The van der Waals surface area contributed by atoms with E-state index in [4.69, 9.17) is 16.0 Å². The lowest BCUT2D eigenvalue weighted by Crippen LogP contribution is -1.89. The minimum Gasteiger partial charge on any atom is -0.438 e. The van der Waals surface area contributed by atoms with Crippen molar-refractivity contribution in [2.75, 3.05) is 0 Å². The number of rotatable bonds is 1. The Morgan fingerprint density at radius 2 is 1.58 bits per heavy atom. The molecule has 4 heteroatoms. The van der Waals surface area contributed by atoms with Gasteiger partial charge in [0.25, 0.3) is 0 Å². The summed E-state index contributed by atoms with van der Waals surface area (Å²) in [5, 5.41) is 4.42. The van der Waals surface area contributed by atoms with Crippen LogP contribution in [-0.4, -0.2) is 9.97 Å².